The average Bonchev–Trinajstić information content (AvgIpc) is 2.54. The molecule has 1 N–H and O–H groups in total. The average molecular weight is 436 g/mol. The van der Waals surface area contributed by atoms with Gasteiger partial charge in [-0.25, -0.2) is 0 Å². The van der Waals surface area contributed by atoms with Crippen LogP contribution in [0.4, 0.5) is 0 Å². The number of hydrogen-bond donors (Lipinski definition) is 1. The maximum Gasteiger partial charge on any atom is 0.238 e. The lowest BCUT2D eigenvalue weighted by atomic mass is 9.96. The van der Waals surface area contributed by atoms with Gasteiger partial charge < -0.3 is 10.2 Å². The number of nitrogens with zero attached hydrogens (tertiary/aromatic N) is 1. The molecule has 0 aliphatic carbocycles. The van der Waals surface area contributed by atoms with Gasteiger partial charge in [-0.3, -0.25) is 4.79 Å². The van der Waals surface area contributed by atoms with Gasteiger partial charge in [-0.1, -0.05) is 22.9 Å². The predicted molar refractivity (Wildman–Crippen MR) is 109 cm³/mol. The topological polar surface area (TPSA) is 32.3 Å². The highest BCUT2D eigenvalue weighted by Gasteiger charge is 2.34. The van der Waals surface area contributed by atoms with Crippen LogP contribution >= 0.6 is 40.1 Å². The molecular formula is C18H28BrClN2OS. The summed E-state index contributed by atoms with van der Waals surface area (Å²) in [6, 6.07) is 8.17. The number of benzene rings is 1. The first kappa shape index (κ1) is 21.8. The fourth-order valence-electron chi connectivity index (χ4n) is 2.91. The van der Waals surface area contributed by atoms with Crippen molar-refractivity contribution in [3.63, 3.8) is 0 Å². The number of hydrogen-bond acceptors (Lipinski definition) is 3. The third-order valence-electron chi connectivity index (χ3n) is 4.29. The summed E-state index contributed by atoms with van der Waals surface area (Å²) in [5, 5.41) is 3.42. The second-order valence-electron chi connectivity index (χ2n) is 6.61. The highest BCUT2D eigenvalue weighted by atomic mass is 79.9. The molecule has 1 aromatic carbocycles. The number of carbonyl (C=O) groups excluding carboxylic acids is 1. The Balaban J connectivity index is 0.00000288. The van der Waals surface area contributed by atoms with Gasteiger partial charge in [-0.05, 0) is 70.0 Å². The Hall–Kier alpha value is -0.230. The SMILES string of the molecule is CCNCC1CCN(C(=O)C(C)(C)Sc2ccc(Br)cc2)CC1.Cl. The molecule has 1 amide bonds. The Morgan fingerprint density at radius 3 is 2.42 bits per heavy atom. The lowest BCUT2D eigenvalue weighted by molar-refractivity contribution is -0.134. The van der Waals surface area contributed by atoms with Crippen LogP contribution in [-0.4, -0.2) is 41.7 Å². The predicted octanol–water partition coefficient (Wildman–Crippen LogP) is 4.59. The maximum absolute atomic E-state index is 12.9. The standard InChI is InChI=1S/C18H27BrN2OS.ClH/c1-4-20-13-14-9-11-21(12-10-14)17(22)18(2,3)23-16-7-5-15(19)6-8-16;/h5-8,14,20H,4,9-13H2,1-3H3;1H. The van der Waals surface area contributed by atoms with Gasteiger partial charge in [0.05, 0.1) is 4.75 Å². The number of carbonyl (C=O) groups is 1. The molecule has 1 saturated heterocycles. The summed E-state index contributed by atoms with van der Waals surface area (Å²) < 4.78 is 0.635. The molecule has 0 bridgehead atoms. The smallest absolute Gasteiger partial charge is 0.238 e. The molecule has 0 unspecified atom stereocenters. The molecule has 0 aromatic heterocycles. The van der Waals surface area contributed by atoms with Crippen molar-refractivity contribution in [1.29, 1.82) is 0 Å². The number of piperidine rings is 1. The highest BCUT2D eigenvalue weighted by Crippen LogP contribution is 2.35. The minimum absolute atomic E-state index is 0. The zero-order chi connectivity index (χ0) is 16.9. The van der Waals surface area contributed by atoms with E-state index in [9.17, 15) is 4.79 Å². The summed E-state index contributed by atoms with van der Waals surface area (Å²) >= 11 is 5.10. The van der Waals surface area contributed by atoms with Crippen LogP contribution in [0, 0.1) is 5.92 Å². The summed E-state index contributed by atoms with van der Waals surface area (Å²) in [5.74, 6) is 0.966. The van der Waals surface area contributed by atoms with E-state index in [2.05, 4.69) is 40.3 Å². The van der Waals surface area contributed by atoms with Crippen LogP contribution in [-0.2, 0) is 4.79 Å². The molecule has 1 fully saturated rings. The Morgan fingerprint density at radius 1 is 1.29 bits per heavy atom. The lowest BCUT2D eigenvalue weighted by Crippen LogP contribution is -2.47. The third-order valence-corrected chi connectivity index (χ3v) is 6.01. The monoisotopic (exact) mass is 434 g/mol. The van der Waals surface area contributed by atoms with E-state index in [-0.39, 0.29) is 18.3 Å². The van der Waals surface area contributed by atoms with E-state index in [1.165, 1.54) is 0 Å². The van der Waals surface area contributed by atoms with Crippen molar-refractivity contribution in [3.8, 4) is 0 Å². The number of halogens is 2. The summed E-state index contributed by atoms with van der Waals surface area (Å²) in [6.07, 6.45) is 2.22. The molecule has 0 atom stereocenters. The molecule has 0 spiro atoms. The number of thioether (sulfide) groups is 1. The van der Waals surface area contributed by atoms with Gasteiger partial charge in [0.2, 0.25) is 5.91 Å². The van der Waals surface area contributed by atoms with Gasteiger partial charge in [-0.15, -0.1) is 24.2 Å². The Kier molecular flexibility index (Phi) is 9.13. The second kappa shape index (κ2) is 10.0. The molecule has 2 rings (SSSR count). The normalized spacial score (nSPS) is 15.9. The molecule has 136 valence electrons. The van der Waals surface area contributed by atoms with Gasteiger partial charge in [0.25, 0.3) is 0 Å². The number of likely N-dealkylation sites (tertiary alicyclic amines) is 1. The first-order valence-corrected chi connectivity index (χ1v) is 9.98. The molecule has 0 saturated carbocycles. The van der Waals surface area contributed by atoms with E-state index in [4.69, 9.17) is 0 Å². The van der Waals surface area contributed by atoms with Crippen LogP contribution < -0.4 is 5.32 Å². The van der Waals surface area contributed by atoms with Crippen molar-refractivity contribution in [3.05, 3.63) is 28.7 Å². The van der Waals surface area contributed by atoms with Crippen LogP contribution in [0.1, 0.15) is 33.6 Å². The van der Waals surface area contributed by atoms with Gasteiger partial charge in [0, 0.05) is 22.5 Å². The molecule has 6 heteroatoms. The summed E-state index contributed by atoms with van der Waals surface area (Å²) in [5.41, 5.74) is 0. The third kappa shape index (κ3) is 6.25. The lowest BCUT2D eigenvalue weighted by Gasteiger charge is -2.36. The first-order valence-electron chi connectivity index (χ1n) is 8.37. The summed E-state index contributed by atoms with van der Waals surface area (Å²) in [6.45, 7) is 10.1. The quantitative estimate of drug-likeness (QED) is 0.663. The molecule has 1 aromatic rings. The Bertz CT molecular complexity index is 516. The summed E-state index contributed by atoms with van der Waals surface area (Å²) in [7, 11) is 0. The molecular weight excluding hydrogens is 408 g/mol. The van der Waals surface area contributed by atoms with Gasteiger partial charge >= 0.3 is 0 Å². The van der Waals surface area contributed by atoms with Gasteiger partial charge in [0.15, 0.2) is 0 Å². The number of nitrogens with one attached hydrogen (secondary N) is 1. The van der Waals surface area contributed by atoms with Crippen molar-refractivity contribution in [2.45, 2.75) is 43.3 Å². The van der Waals surface area contributed by atoms with E-state index in [0.717, 1.165) is 48.4 Å². The molecule has 1 aliphatic rings. The van der Waals surface area contributed by atoms with E-state index >= 15 is 0 Å². The minimum atomic E-state index is -0.428. The van der Waals surface area contributed by atoms with Crippen LogP contribution in [0.5, 0.6) is 0 Å². The van der Waals surface area contributed by atoms with Crippen molar-refractivity contribution in [1.82, 2.24) is 10.2 Å². The van der Waals surface area contributed by atoms with Crippen molar-refractivity contribution < 1.29 is 4.79 Å². The van der Waals surface area contributed by atoms with Crippen LogP contribution in [0.25, 0.3) is 0 Å². The fourth-order valence-corrected chi connectivity index (χ4v) is 4.25. The van der Waals surface area contributed by atoms with Crippen molar-refractivity contribution in [2.75, 3.05) is 26.2 Å². The van der Waals surface area contributed by atoms with Gasteiger partial charge in [-0.2, -0.15) is 0 Å². The van der Waals surface area contributed by atoms with E-state index in [1.807, 2.05) is 30.9 Å². The van der Waals surface area contributed by atoms with Crippen molar-refractivity contribution in [2.24, 2.45) is 5.92 Å². The van der Waals surface area contributed by atoms with Gasteiger partial charge in [0.1, 0.15) is 0 Å². The summed E-state index contributed by atoms with van der Waals surface area (Å²) in [4.78, 5) is 16.1. The van der Waals surface area contributed by atoms with E-state index in [1.54, 1.807) is 11.8 Å². The Morgan fingerprint density at radius 2 is 1.88 bits per heavy atom. The zero-order valence-electron chi connectivity index (χ0n) is 14.7. The van der Waals surface area contributed by atoms with Crippen LogP contribution in [0.15, 0.2) is 33.6 Å². The molecule has 1 heterocycles. The molecule has 1 aliphatic heterocycles. The zero-order valence-corrected chi connectivity index (χ0v) is 17.9. The number of amides is 1. The van der Waals surface area contributed by atoms with E-state index in [0.29, 0.717) is 5.92 Å². The maximum atomic E-state index is 12.9. The fraction of sp³-hybridized carbons (Fsp3) is 0.611. The first-order chi connectivity index (χ1) is 10.9. The molecule has 0 radical (unpaired) electrons. The minimum Gasteiger partial charge on any atom is -0.341 e. The highest BCUT2D eigenvalue weighted by molar-refractivity contribution is 9.10. The van der Waals surface area contributed by atoms with Crippen LogP contribution in [0.3, 0.4) is 0 Å². The number of rotatable bonds is 6. The Labute approximate surface area is 164 Å². The van der Waals surface area contributed by atoms with Crippen molar-refractivity contribution >= 4 is 46.0 Å². The second-order valence-corrected chi connectivity index (χ2v) is 9.22. The molecule has 24 heavy (non-hydrogen) atoms. The molecule has 3 nitrogen and oxygen atoms in total. The largest absolute Gasteiger partial charge is 0.341 e. The van der Waals surface area contributed by atoms with Crippen LogP contribution in [0.2, 0.25) is 0 Å². The van der Waals surface area contributed by atoms with E-state index < -0.39 is 4.75 Å².